The van der Waals surface area contributed by atoms with Crippen molar-refractivity contribution in [3.8, 4) is 0 Å². The fourth-order valence-electron chi connectivity index (χ4n) is 2.40. The molecule has 0 saturated carbocycles. The van der Waals surface area contributed by atoms with Gasteiger partial charge in [-0.1, -0.05) is 23.7 Å². The van der Waals surface area contributed by atoms with Crippen molar-refractivity contribution in [3.63, 3.8) is 0 Å². The number of nitrogens with one attached hydrogen (secondary N) is 3. The minimum absolute atomic E-state index is 0. The molecule has 0 spiro atoms. The molecule has 1 aliphatic rings. The number of hydrogen-bond donors (Lipinski definition) is 3. The Morgan fingerprint density at radius 3 is 2.36 bits per heavy atom. The van der Waals surface area contributed by atoms with Gasteiger partial charge in [0.1, 0.15) is 5.02 Å². The Balaban J connectivity index is 0.00000182. The number of nitrogens with zero attached hydrogens (tertiary/aromatic N) is 2. The molecule has 4 rings (SSSR count). The number of amides is 1. The SMILES string of the molecule is Cl.O=C1Nc2cccc(c2)Nc2ncc(Cl)c(n2)Nc2cccc1c2. The molecule has 0 unspecified atom stereocenters. The normalized spacial score (nSPS) is 12.1. The average Bonchev–Trinajstić information content (AvgIpc) is 2.58. The first-order chi connectivity index (χ1) is 11.7. The van der Waals surface area contributed by atoms with E-state index in [1.54, 1.807) is 18.2 Å². The molecule has 0 saturated heterocycles. The number of halogens is 2. The van der Waals surface area contributed by atoms with E-state index >= 15 is 0 Å². The molecule has 3 N–H and O–H groups in total. The lowest BCUT2D eigenvalue weighted by atomic mass is 10.1. The standard InChI is InChI=1S/C17H12ClN5O.ClH/c18-14-9-19-17-22-13-6-2-5-12(8-13)21-16(24)10-3-1-4-11(7-10)20-15(14)23-17;/h1-9H,(H,21,24)(H2,19,20,22,23);1H. The van der Waals surface area contributed by atoms with Crippen molar-refractivity contribution in [3.05, 3.63) is 65.3 Å². The van der Waals surface area contributed by atoms with Crippen LogP contribution in [-0.4, -0.2) is 15.9 Å². The van der Waals surface area contributed by atoms with Crippen molar-refractivity contribution in [2.24, 2.45) is 0 Å². The third-order valence-corrected chi connectivity index (χ3v) is 3.78. The molecular weight excluding hydrogens is 361 g/mol. The van der Waals surface area contributed by atoms with E-state index in [9.17, 15) is 4.79 Å². The number of carbonyl (C=O) groups excluding carboxylic acids is 1. The van der Waals surface area contributed by atoms with Gasteiger partial charge in [0, 0.05) is 22.6 Å². The molecule has 1 amide bonds. The summed E-state index contributed by atoms with van der Waals surface area (Å²) in [6.07, 6.45) is 1.52. The predicted octanol–water partition coefficient (Wildman–Crippen LogP) is 4.60. The second-order valence-corrected chi connectivity index (χ2v) is 5.66. The maximum atomic E-state index is 12.4. The van der Waals surface area contributed by atoms with E-state index in [-0.39, 0.29) is 18.3 Å². The molecular formula is C17H13Cl2N5O. The van der Waals surface area contributed by atoms with Gasteiger partial charge in [-0.3, -0.25) is 4.79 Å². The van der Waals surface area contributed by atoms with Crippen LogP contribution in [0.15, 0.2) is 54.7 Å². The molecule has 0 atom stereocenters. The number of rotatable bonds is 0. The number of fused-ring (bicyclic) bond motifs is 6. The number of carbonyl (C=O) groups is 1. The van der Waals surface area contributed by atoms with E-state index in [1.807, 2.05) is 30.3 Å². The minimum Gasteiger partial charge on any atom is -0.339 e. The van der Waals surface area contributed by atoms with Crippen LogP contribution in [0.3, 0.4) is 0 Å². The van der Waals surface area contributed by atoms with Gasteiger partial charge in [-0.25, -0.2) is 4.98 Å². The molecule has 2 heterocycles. The highest BCUT2D eigenvalue weighted by Crippen LogP contribution is 2.27. The van der Waals surface area contributed by atoms with Gasteiger partial charge >= 0.3 is 0 Å². The summed E-state index contributed by atoms with van der Waals surface area (Å²) in [6.45, 7) is 0. The monoisotopic (exact) mass is 373 g/mol. The van der Waals surface area contributed by atoms with Crippen molar-refractivity contribution in [2.75, 3.05) is 16.0 Å². The topological polar surface area (TPSA) is 78.9 Å². The van der Waals surface area contributed by atoms with E-state index in [0.717, 1.165) is 5.69 Å². The van der Waals surface area contributed by atoms with Crippen LogP contribution in [0.25, 0.3) is 0 Å². The van der Waals surface area contributed by atoms with Crippen LogP contribution < -0.4 is 16.0 Å². The number of anilines is 5. The summed E-state index contributed by atoms with van der Waals surface area (Å²) in [7, 11) is 0. The predicted molar refractivity (Wildman–Crippen MR) is 102 cm³/mol. The van der Waals surface area contributed by atoms with Crippen LogP contribution in [0.5, 0.6) is 0 Å². The molecule has 6 bridgehead atoms. The molecule has 0 aliphatic carbocycles. The fourth-order valence-corrected chi connectivity index (χ4v) is 2.54. The second kappa shape index (κ2) is 6.96. The van der Waals surface area contributed by atoms with Crippen molar-refractivity contribution in [1.29, 1.82) is 0 Å². The summed E-state index contributed by atoms with van der Waals surface area (Å²) in [4.78, 5) is 21.0. The Bertz CT molecular complexity index is 948. The van der Waals surface area contributed by atoms with Crippen LogP contribution in [0.4, 0.5) is 28.8 Å². The first kappa shape index (κ1) is 17.0. The van der Waals surface area contributed by atoms with E-state index in [2.05, 4.69) is 25.9 Å². The summed E-state index contributed by atoms with van der Waals surface area (Å²) < 4.78 is 0. The molecule has 3 aromatic rings. The Kier molecular flexibility index (Phi) is 4.74. The van der Waals surface area contributed by atoms with Crippen LogP contribution in [-0.2, 0) is 0 Å². The highest BCUT2D eigenvalue weighted by atomic mass is 35.5. The minimum atomic E-state index is -0.195. The number of benzene rings is 2. The molecule has 0 radical (unpaired) electrons. The van der Waals surface area contributed by atoms with Gasteiger partial charge in [-0.2, -0.15) is 4.98 Å². The van der Waals surface area contributed by atoms with Crippen LogP contribution in [0, 0.1) is 0 Å². The largest absolute Gasteiger partial charge is 0.339 e. The third-order valence-electron chi connectivity index (χ3n) is 3.51. The van der Waals surface area contributed by atoms with Gasteiger partial charge in [-0.15, -0.1) is 12.4 Å². The van der Waals surface area contributed by atoms with Crippen molar-refractivity contribution in [2.45, 2.75) is 0 Å². The molecule has 6 nitrogen and oxygen atoms in total. The Hall–Kier alpha value is -2.83. The van der Waals surface area contributed by atoms with Crippen LogP contribution >= 0.6 is 24.0 Å². The fraction of sp³-hybridized carbons (Fsp3) is 0. The highest BCUT2D eigenvalue weighted by Gasteiger charge is 2.11. The average molecular weight is 374 g/mol. The summed E-state index contributed by atoms with van der Waals surface area (Å²) in [5, 5.41) is 9.48. The smallest absolute Gasteiger partial charge is 0.255 e. The Morgan fingerprint density at radius 2 is 1.56 bits per heavy atom. The van der Waals surface area contributed by atoms with E-state index in [0.29, 0.717) is 33.7 Å². The van der Waals surface area contributed by atoms with Gasteiger partial charge in [-0.05, 0) is 36.4 Å². The maximum Gasteiger partial charge on any atom is 0.255 e. The summed E-state index contributed by atoms with van der Waals surface area (Å²) in [6, 6.07) is 14.4. The van der Waals surface area contributed by atoms with Gasteiger partial charge in [0.05, 0.1) is 6.20 Å². The zero-order valence-corrected chi connectivity index (χ0v) is 14.4. The van der Waals surface area contributed by atoms with Crippen molar-refractivity contribution >= 4 is 58.7 Å². The molecule has 8 heteroatoms. The zero-order chi connectivity index (χ0) is 16.5. The molecule has 25 heavy (non-hydrogen) atoms. The first-order valence-corrected chi connectivity index (χ1v) is 7.63. The van der Waals surface area contributed by atoms with Crippen molar-refractivity contribution < 1.29 is 4.79 Å². The lowest BCUT2D eigenvalue weighted by Gasteiger charge is -2.10. The van der Waals surface area contributed by atoms with E-state index < -0.39 is 0 Å². The Labute approximate surface area is 155 Å². The molecule has 1 aliphatic heterocycles. The first-order valence-electron chi connectivity index (χ1n) is 7.25. The van der Waals surface area contributed by atoms with Gasteiger partial charge in [0.25, 0.3) is 5.91 Å². The number of aromatic nitrogens is 2. The third kappa shape index (κ3) is 3.65. The highest BCUT2D eigenvalue weighted by molar-refractivity contribution is 6.32. The van der Waals surface area contributed by atoms with Gasteiger partial charge in [0.15, 0.2) is 5.82 Å². The van der Waals surface area contributed by atoms with E-state index in [4.69, 9.17) is 11.6 Å². The lowest BCUT2D eigenvalue weighted by molar-refractivity contribution is 0.102. The van der Waals surface area contributed by atoms with E-state index in [1.165, 1.54) is 6.20 Å². The zero-order valence-electron chi connectivity index (χ0n) is 12.8. The molecule has 126 valence electrons. The second-order valence-electron chi connectivity index (χ2n) is 5.26. The van der Waals surface area contributed by atoms with Crippen molar-refractivity contribution in [1.82, 2.24) is 9.97 Å². The van der Waals surface area contributed by atoms with Gasteiger partial charge < -0.3 is 16.0 Å². The Morgan fingerprint density at radius 1 is 0.880 bits per heavy atom. The summed E-state index contributed by atoms with van der Waals surface area (Å²) >= 11 is 6.17. The summed E-state index contributed by atoms with van der Waals surface area (Å²) in [5.41, 5.74) is 2.67. The molecule has 2 aromatic carbocycles. The number of hydrogen-bond acceptors (Lipinski definition) is 5. The van der Waals surface area contributed by atoms with Crippen LogP contribution in [0.2, 0.25) is 5.02 Å². The quantitative estimate of drug-likeness (QED) is 0.536. The van der Waals surface area contributed by atoms with Gasteiger partial charge in [0.2, 0.25) is 5.95 Å². The lowest BCUT2D eigenvalue weighted by Crippen LogP contribution is -2.12. The van der Waals surface area contributed by atoms with Crippen LogP contribution in [0.1, 0.15) is 10.4 Å². The molecule has 1 aromatic heterocycles. The summed E-state index contributed by atoms with van der Waals surface area (Å²) in [5.74, 6) is 0.668. The molecule has 0 fully saturated rings. The maximum absolute atomic E-state index is 12.4.